The van der Waals surface area contributed by atoms with E-state index in [-0.39, 0.29) is 5.91 Å². The number of anilines is 2. The zero-order chi connectivity index (χ0) is 13.1. The molecule has 1 amide bonds. The van der Waals surface area contributed by atoms with Gasteiger partial charge in [0.1, 0.15) is 11.6 Å². The van der Waals surface area contributed by atoms with E-state index in [4.69, 9.17) is 0 Å². The lowest BCUT2D eigenvalue weighted by Gasteiger charge is -2.07. The summed E-state index contributed by atoms with van der Waals surface area (Å²) in [7, 11) is 3.54. The quantitative estimate of drug-likeness (QED) is 0.857. The lowest BCUT2D eigenvalue weighted by Crippen LogP contribution is -2.15. The van der Waals surface area contributed by atoms with Gasteiger partial charge in [0.25, 0.3) is 5.91 Å². The molecule has 2 heterocycles. The SMILES string of the molecule is CNc1cc(C(=O)Nc2ccnn2C)cc(C)n1. The van der Waals surface area contributed by atoms with Crippen LogP contribution in [0.5, 0.6) is 0 Å². The monoisotopic (exact) mass is 245 g/mol. The third-order valence-corrected chi connectivity index (χ3v) is 2.53. The first-order valence-corrected chi connectivity index (χ1v) is 5.56. The smallest absolute Gasteiger partial charge is 0.257 e. The van der Waals surface area contributed by atoms with Gasteiger partial charge in [0.05, 0.1) is 6.20 Å². The van der Waals surface area contributed by atoms with E-state index in [1.54, 1.807) is 43.2 Å². The maximum absolute atomic E-state index is 12.1. The molecule has 0 saturated heterocycles. The van der Waals surface area contributed by atoms with Crippen LogP contribution < -0.4 is 10.6 Å². The molecule has 0 spiro atoms. The summed E-state index contributed by atoms with van der Waals surface area (Å²) in [6, 6.07) is 5.19. The van der Waals surface area contributed by atoms with Crippen molar-refractivity contribution in [1.82, 2.24) is 14.8 Å². The predicted molar refractivity (Wildman–Crippen MR) is 69.7 cm³/mol. The van der Waals surface area contributed by atoms with Crippen molar-refractivity contribution in [1.29, 1.82) is 0 Å². The van der Waals surface area contributed by atoms with Gasteiger partial charge in [-0.05, 0) is 19.1 Å². The number of aromatic nitrogens is 3. The van der Waals surface area contributed by atoms with Crippen LogP contribution in [-0.4, -0.2) is 27.7 Å². The number of pyridine rings is 1. The van der Waals surface area contributed by atoms with Crippen LogP contribution in [0, 0.1) is 6.92 Å². The predicted octanol–water partition coefficient (Wildman–Crippen LogP) is 1.42. The lowest BCUT2D eigenvalue weighted by atomic mass is 10.2. The van der Waals surface area contributed by atoms with Gasteiger partial charge in [0.15, 0.2) is 0 Å². The molecule has 94 valence electrons. The van der Waals surface area contributed by atoms with Gasteiger partial charge in [-0.1, -0.05) is 0 Å². The van der Waals surface area contributed by atoms with E-state index in [2.05, 4.69) is 20.7 Å². The minimum absolute atomic E-state index is 0.180. The van der Waals surface area contributed by atoms with Gasteiger partial charge in [0, 0.05) is 31.4 Å². The average molecular weight is 245 g/mol. The van der Waals surface area contributed by atoms with E-state index in [1.165, 1.54) is 0 Å². The minimum Gasteiger partial charge on any atom is -0.373 e. The molecule has 2 rings (SSSR count). The highest BCUT2D eigenvalue weighted by Gasteiger charge is 2.10. The third-order valence-electron chi connectivity index (χ3n) is 2.53. The average Bonchev–Trinajstić information content (AvgIpc) is 2.74. The summed E-state index contributed by atoms with van der Waals surface area (Å²) in [5.41, 5.74) is 1.35. The first-order chi connectivity index (χ1) is 8.60. The summed E-state index contributed by atoms with van der Waals surface area (Å²) < 4.78 is 1.60. The molecule has 0 bridgehead atoms. The molecule has 6 heteroatoms. The molecule has 2 aromatic heterocycles. The second-order valence-corrected chi connectivity index (χ2v) is 3.93. The van der Waals surface area contributed by atoms with Crippen LogP contribution in [0.2, 0.25) is 0 Å². The number of rotatable bonds is 3. The van der Waals surface area contributed by atoms with E-state index in [9.17, 15) is 4.79 Å². The number of aryl methyl sites for hydroxylation is 2. The van der Waals surface area contributed by atoms with Crippen LogP contribution in [0.1, 0.15) is 16.1 Å². The molecule has 0 aliphatic heterocycles. The summed E-state index contributed by atoms with van der Waals surface area (Å²) in [6.07, 6.45) is 1.63. The summed E-state index contributed by atoms with van der Waals surface area (Å²) >= 11 is 0. The highest BCUT2D eigenvalue weighted by molar-refractivity contribution is 6.04. The van der Waals surface area contributed by atoms with Crippen molar-refractivity contribution in [3.05, 3.63) is 35.7 Å². The summed E-state index contributed by atoms with van der Waals surface area (Å²) in [6.45, 7) is 1.85. The highest BCUT2D eigenvalue weighted by atomic mass is 16.1. The third kappa shape index (κ3) is 2.48. The van der Waals surface area contributed by atoms with Crippen molar-refractivity contribution in [3.8, 4) is 0 Å². The van der Waals surface area contributed by atoms with E-state index < -0.39 is 0 Å². The van der Waals surface area contributed by atoms with E-state index in [0.717, 1.165) is 5.69 Å². The molecule has 0 aliphatic rings. The van der Waals surface area contributed by atoms with Crippen LogP contribution in [0.3, 0.4) is 0 Å². The Kier molecular flexibility index (Phi) is 3.27. The Labute approximate surface area is 105 Å². The van der Waals surface area contributed by atoms with Gasteiger partial charge in [-0.15, -0.1) is 0 Å². The molecule has 0 aromatic carbocycles. The molecule has 6 nitrogen and oxygen atoms in total. The van der Waals surface area contributed by atoms with Crippen LogP contribution in [0.25, 0.3) is 0 Å². The fourth-order valence-electron chi connectivity index (χ4n) is 1.61. The molecule has 0 radical (unpaired) electrons. The number of nitrogens with one attached hydrogen (secondary N) is 2. The Hall–Kier alpha value is -2.37. The van der Waals surface area contributed by atoms with Crippen LogP contribution in [-0.2, 0) is 7.05 Å². The summed E-state index contributed by atoms with van der Waals surface area (Å²) in [4.78, 5) is 16.3. The number of hydrogen-bond donors (Lipinski definition) is 2. The second-order valence-electron chi connectivity index (χ2n) is 3.93. The molecule has 0 unspecified atom stereocenters. The molecule has 2 aromatic rings. The van der Waals surface area contributed by atoms with Crippen molar-refractivity contribution in [3.63, 3.8) is 0 Å². The Morgan fingerprint density at radius 2 is 2.17 bits per heavy atom. The first kappa shape index (κ1) is 12.1. The Bertz CT molecular complexity index is 576. The number of amides is 1. The number of hydrogen-bond acceptors (Lipinski definition) is 4. The fraction of sp³-hybridized carbons (Fsp3) is 0.250. The maximum Gasteiger partial charge on any atom is 0.257 e. The van der Waals surface area contributed by atoms with Gasteiger partial charge in [-0.2, -0.15) is 5.10 Å². The standard InChI is InChI=1S/C12H15N5O/c1-8-6-9(7-10(13-2)15-8)12(18)16-11-4-5-14-17(11)3/h4-7H,1-3H3,(H,13,15)(H,16,18). The Morgan fingerprint density at radius 3 is 2.78 bits per heavy atom. The van der Waals surface area contributed by atoms with Crippen molar-refractivity contribution >= 4 is 17.5 Å². The largest absolute Gasteiger partial charge is 0.373 e. The summed E-state index contributed by atoms with van der Waals surface area (Å²) in [5.74, 6) is 1.14. The van der Waals surface area contributed by atoms with Crippen LogP contribution in [0.4, 0.5) is 11.6 Å². The van der Waals surface area contributed by atoms with Crippen molar-refractivity contribution in [2.45, 2.75) is 6.92 Å². The van der Waals surface area contributed by atoms with E-state index in [0.29, 0.717) is 17.2 Å². The molecule has 0 atom stereocenters. The van der Waals surface area contributed by atoms with Crippen LogP contribution >= 0.6 is 0 Å². The van der Waals surface area contributed by atoms with E-state index in [1.807, 2.05) is 6.92 Å². The lowest BCUT2D eigenvalue weighted by molar-refractivity contribution is 0.102. The zero-order valence-electron chi connectivity index (χ0n) is 10.6. The number of carbonyl (C=O) groups excluding carboxylic acids is 1. The normalized spacial score (nSPS) is 10.2. The molecular formula is C12H15N5O. The van der Waals surface area contributed by atoms with Crippen molar-refractivity contribution in [2.24, 2.45) is 7.05 Å². The molecule has 0 fully saturated rings. The second kappa shape index (κ2) is 4.87. The van der Waals surface area contributed by atoms with Crippen molar-refractivity contribution < 1.29 is 4.79 Å². The van der Waals surface area contributed by atoms with Crippen LogP contribution in [0.15, 0.2) is 24.4 Å². The van der Waals surface area contributed by atoms with Gasteiger partial charge in [0.2, 0.25) is 0 Å². The molecule has 2 N–H and O–H groups in total. The van der Waals surface area contributed by atoms with Gasteiger partial charge in [-0.3, -0.25) is 9.48 Å². The first-order valence-electron chi connectivity index (χ1n) is 5.56. The molecule has 18 heavy (non-hydrogen) atoms. The topological polar surface area (TPSA) is 71.8 Å². The Morgan fingerprint density at radius 1 is 1.39 bits per heavy atom. The maximum atomic E-state index is 12.1. The summed E-state index contributed by atoms with van der Waals surface area (Å²) in [5, 5.41) is 9.71. The minimum atomic E-state index is -0.180. The van der Waals surface area contributed by atoms with Crippen molar-refractivity contribution in [2.75, 3.05) is 17.7 Å². The molecular weight excluding hydrogens is 230 g/mol. The van der Waals surface area contributed by atoms with Gasteiger partial charge in [-0.25, -0.2) is 4.98 Å². The zero-order valence-corrected chi connectivity index (χ0v) is 10.6. The van der Waals surface area contributed by atoms with Gasteiger partial charge >= 0.3 is 0 Å². The van der Waals surface area contributed by atoms with Gasteiger partial charge < -0.3 is 10.6 Å². The Balaban J connectivity index is 2.24. The fourth-order valence-corrected chi connectivity index (χ4v) is 1.61. The van der Waals surface area contributed by atoms with E-state index >= 15 is 0 Å². The number of carbonyl (C=O) groups is 1. The highest BCUT2D eigenvalue weighted by Crippen LogP contribution is 2.12. The number of nitrogens with zero attached hydrogens (tertiary/aromatic N) is 3. The molecule has 0 saturated carbocycles. The molecule has 0 aliphatic carbocycles.